The number of aromatic nitrogens is 4. The van der Waals surface area contributed by atoms with Crippen LogP contribution in [-0.2, 0) is 18.4 Å². The molecule has 2 aliphatic rings. The zero-order valence-corrected chi connectivity index (χ0v) is 16.3. The van der Waals surface area contributed by atoms with Crippen molar-refractivity contribution in [2.45, 2.75) is 44.6 Å². The molecule has 0 radical (unpaired) electrons. The highest BCUT2D eigenvalue weighted by Crippen LogP contribution is 2.44. The Morgan fingerprint density at radius 1 is 1.25 bits per heavy atom. The van der Waals surface area contributed by atoms with Crippen molar-refractivity contribution < 1.29 is 4.74 Å². The Labute approximate surface area is 163 Å². The van der Waals surface area contributed by atoms with Gasteiger partial charge in [-0.1, -0.05) is 0 Å². The molecule has 1 saturated heterocycles. The van der Waals surface area contributed by atoms with Gasteiger partial charge < -0.3 is 9.72 Å². The van der Waals surface area contributed by atoms with Crippen molar-refractivity contribution in [1.82, 2.24) is 25.1 Å². The third-order valence-corrected chi connectivity index (χ3v) is 6.52. The molecule has 1 aliphatic carbocycles. The van der Waals surface area contributed by atoms with Crippen molar-refractivity contribution in [2.75, 3.05) is 20.2 Å². The fourth-order valence-electron chi connectivity index (χ4n) is 4.90. The van der Waals surface area contributed by atoms with Crippen LogP contribution in [-0.4, -0.2) is 45.3 Å². The van der Waals surface area contributed by atoms with Crippen LogP contribution < -0.4 is 10.3 Å². The van der Waals surface area contributed by atoms with Gasteiger partial charge in [0.05, 0.1) is 24.0 Å². The van der Waals surface area contributed by atoms with Crippen LogP contribution in [0.5, 0.6) is 5.75 Å². The lowest BCUT2D eigenvalue weighted by atomic mass is 9.76. The number of nitrogens with one attached hydrogen (secondary N) is 2. The molecule has 1 fully saturated rings. The number of benzene rings is 1. The lowest BCUT2D eigenvalue weighted by molar-refractivity contribution is 0.149. The third kappa shape index (κ3) is 2.73. The van der Waals surface area contributed by atoms with Crippen molar-refractivity contribution in [2.24, 2.45) is 0 Å². The number of aromatic amines is 2. The summed E-state index contributed by atoms with van der Waals surface area (Å²) in [7, 11) is 1.69. The van der Waals surface area contributed by atoms with Gasteiger partial charge >= 0.3 is 0 Å². The largest absolute Gasteiger partial charge is 0.497 e. The Morgan fingerprint density at radius 3 is 2.86 bits per heavy atom. The van der Waals surface area contributed by atoms with Gasteiger partial charge in [0.15, 0.2) is 0 Å². The Morgan fingerprint density at radius 2 is 2.07 bits per heavy atom. The number of hydrogen-bond donors (Lipinski definition) is 2. The Kier molecular flexibility index (Phi) is 4.01. The number of methoxy groups -OCH3 is 1. The van der Waals surface area contributed by atoms with Gasteiger partial charge in [-0.3, -0.25) is 14.8 Å². The van der Waals surface area contributed by atoms with E-state index in [9.17, 15) is 4.79 Å². The van der Waals surface area contributed by atoms with E-state index < -0.39 is 0 Å². The highest BCUT2D eigenvalue weighted by molar-refractivity contribution is 5.82. The molecule has 2 N–H and O–H groups in total. The summed E-state index contributed by atoms with van der Waals surface area (Å²) < 4.78 is 5.36. The predicted molar refractivity (Wildman–Crippen MR) is 107 cm³/mol. The smallest absolute Gasteiger partial charge is 0.254 e. The van der Waals surface area contributed by atoms with E-state index in [-0.39, 0.29) is 11.0 Å². The van der Waals surface area contributed by atoms with E-state index >= 15 is 0 Å². The highest BCUT2D eigenvalue weighted by atomic mass is 16.5. The number of fused-ring (bicyclic) bond motifs is 3. The van der Waals surface area contributed by atoms with Crippen molar-refractivity contribution in [1.29, 1.82) is 0 Å². The van der Waals surface area contributed by atoms with E-state index in [4.69, 9.17) is 9.72 Å². The van der Waals surface area contributed by atoms with E-state index in [0.717, 1.165) is 84.7 Å². The zero-order valence-electron chi connectivity index (χ0n) is 16.3. The van der Waals surface area contributed by atoms with Crippen molar-refractivity contribution in [3.8, 4) is 5.75 Å². The molecule has 1 spiro atoms. The summed E-state index contributed by atoms with van der Waals surface area (Å²) in [4.78, 5) is 22.4. The van der Waals surface area contributed by atoms with Gasteiger partial charge in [-0.2, -0.15) is 5.10 Å². The van der Waals surface area contributed by atoms with Crippen LogP contribution in [0.2, 0.25) is 0 Å². The second-order valence-corrected chi connectivity index (χ2v) is 8.12. The van der Waals surface area contributed by atoms with E-state index in [0.29, 0.717) is 0 Å². The van der Waals surface area contributed by atoms with Gasteiger partial charge in [-0.15, -0.1) is 0 Å². The zero-order chi connectivity index (χ0) is 19.3. The minimum Gasteiger partial charge on any atom is -0.497 e. The molecule has 7 nitrogen and oxygen atoms in total. The monoisotopic (exact) mass is 379 g/mol. The van der Waals surface area contributed by atoms with E-state index in [1.807, 2.05) is 25.1 Å². The normalized spacial score (nSPS) is 18.6. The molecule has 5 rings (SSSR count). The molecule has 0 bridgehead atoms. The summed E-state index contributed by atoms with van der Waals surface area (Å²) in [6, 6.07) is 5.97. The number of H-pyrrole nitrogens is 2. The number of hydrogen-bond acceptors (Lipinski definition) is 5. The van der Waals surface area contributed by atoms with E-state index in [1.54, 1.807) is 7.11 Å². The van der Waals surface area contributed by atoms with Crippen molar-refractivity contribution >= 4 is 10.9 Å². The number of ether oxygens (including phenoxy) is 1. The number of piperidine rings is 1. The predicted octanol–water partition coefficient (Wildman–Crippen LogP) is 2.44. The molecule has 0 saturated carbocycles. The topological polar surface area (TPSA) is 86.9 Å². The third-order valence-electron chi connectivity index (χ3n) is 6.52. The lowest BCUT2D eigenvalue weighted by Crippen LogP contribution is -2.42. The Bertz CT molecular complexity index is 1090. The minimum absolute atomic E-state index is 0.0553. The van der Waals surface area contributed by atoms with E-state index in [2.05, 4.69) is 20.1 Å². The van der Waals surface area contributed by atoms with Gasteiger partial charge in [-0.25, -0.2) is 4.98 Å². The van der Waals surface area contributed by atoms with E-state index in [1.165, 1.54) is 0 Å². The first-order valence-electron chi connectivity index (χ1n) is 9.92. The summed E-state index contributed by atoms with van der Waals surface area (Å²) >= 11 is 0. The summed E-state index contributed by atoms with van der Waals surface area (Å²) in [5.41, 5.74) is 4.19. The van der Waals surface area contributed by atoms with Crippen LogP contribution in [0.3, 0.4) is 0 Å². The maximum absolute atomic E-state index is 12.3. The summed E-state index contributed by atoms with van der Waals surface area (Å²) in [6.07, 6.45) is 3.99. The van der Waals surface area contributed by atoms with Crippen LogP contribution in [0.25, 0.3) is 10.9 Å². The quantitative estimate of drug-likeness (QED) is 0.730. The molecular formula is C21H25N5O2. The van der Waals surface area contributed by atoms with Gasteiger partial charge in [0.2, 0.25) is 0 Å². The molecule has 3 aromatic rings. The second-order valence-electron chi connectivity index (χ2n) is 8.12. The van der Waals surface area contributed by atoms with Gasteiger partial charge in [0, 0.05) is 22.9 Å². The molecule has 7 heteroatoms. The summed E-state index contributed by atoms with van der Waals surface area (Å²) in [5.74, 6) is 1.58. The molecule has 1 aromatic carbocycles. The molecule has 0 amide bonds. The Hall–Kier alpha value is -2.67. The lowest BCUT2D eigenvalue weighted by Gasteiger charge is -2.39. The molecule has 0 unspecified atom stereocenters. The fourth-order valence-corrected chi connectivity index (χ4v) is 4.90. The average molecular weight is 379 g/mol. The van der Waals surface area contributed by atoms with Crippen molar-refractivity contribution in [3.05, 3.63) is 51.3 Å². The number of rotatable bonds is 3. The highest BCUT2D eigenvalue weighted by Gasteiger charge is 2.43. The maximum Gasteiger partial charge on any atom is 0.254 e. The standard InChI is InChI=1S/C21H25N5O2/c1-13-22-19-15(20(27)23-13)5-6-21(19)7-9-26(10-8-21)12-18-16-11-14(28-2)3-4-17(16)24-25-18/h3-4,11H,5-10,12H2,1-2H3,(H,24,25)(H,22,23,27). The molecule has 1 aliphatic heterocycles. The van der Waals surface area contributed by atoms with Crippen LogP contribution in [0, 0.1) is 6.92 Å². The van der Waals surface area contributed by atoms with Crippen LogP contribution in [0.1, 0.15) is 42.0 Å². The number of likely N-dealkylation sites (tertiary alicyclic amines) is 1. The van der Waals surface area contributed by atoms with Crippen LogP contribution in [0.4, 0.5) is 0 Å². The minimum atomic E-state index is 0.0553. The Balaban J connectivity index is 1.35. The first-order valence-corrected chi connectivity index (χ1v) is 9.92. The summed E-state index contributed by atoms with van der Waals surface area (Å²) in [5, 5.41) is 8.74. The average Bonchev–Trinajstić information content (AvgIpc) is 3.25. The molecule has 28 heavy (non-hydrogen) atoms. The number of aryl methyl sites for hydroxylation is 1. The SMILES string of the molecule is COc1ccc2n[nH]c(CN3CCC4(CCc5c4nc(C)[nH]c5=O)CC3)c2c1. The fraction of sp³-hybridized carbons (Fsp3) is 0.476. The van der Waals surface area contributed by atoms with Gasteiger partial charge in [0.1, 0.15) is 11.6 Å². The molecule has 0 atom stereocenters. The first kappa shape index (κ1) is 17.4. The molecule has 3 heterocycles. The molecule has 2 aromatic heterocycles. The van der Waals surface area contributed by atoms with Crippen LogP contribution >= 0.6 is 0 Å². The van der Waals surface area contributed by atoms with Gasteiger partial charge in [0.25, 0.3) is 5.56 Å². The summed E-state index contributed by atoms with van der Waals surface area (Å²) in [6.45, 7) is 4.71. The first-order chi connectivity index (χ1) is 13.6. The second kappa shape index (κ2) is 6.44. The van der Waals surface area contributed by atoms with Crippen LogP contribution in [0.15, 0.2) is 23.0 Å². The maximum atomic E-state index is 12.3. The number of nitrogens with zero attached hydrogens (tertiary/aromatic N) is 3. The molecule has 146 valence electrons. The molecular weight excluding hydrogens is 354 g/mol. The van der Waals surface area contributed by atoms with Crippen molar-refractivity contribution in [3.63, 3.8) is 0 Å². The van der Waals surface area contributed by atoms with Gasteiger partial charge in [-0.05, 0) is 63.9 Å².